The molecule has 0 atom stereocenters. The molecule has 2 amide bonds. The summed E-state index contributed by atoms with van der Waals surface area (Å²) in [5.41, 5.74) is 1.82. The molecule has 146 valence electrons. The van der Waals surface area contributed by atoms with Crippen molar-refractivity contribution in [2.75, 3.05) is 5.75 Å². The number of carbonyl (C=O) groups is 1. The molecule has 0 saturated heterocycles. The fourth-order valence-corrected chi connectivity index (χ4v) is 2.98. The van der Waals surface area contributed by atoms with Gasteiger partial charge in [0.1, 0.15) is 5.75 Å². The number of urea groups is 1. The molecule has 0 aliphatic heterocycles. The standard InChI is InChI=1S/C20H26N2O4S/c1-4-27(24,25)26-19-12-8-11-18(13-19)15-22(16(2)3)20(23)21-14-17-9-6-5-7-10-17/h5-13,16H,4,14-15H2,1-3H3,(H,21,23). The molecule has 1 N–H and O–H groups in total. The molecule has 0 spiro atoms. The Morgan fingerprint density at radius 1 is 1.07 bits per heavy atom. The van der Waals surface area contributed by atoms with E-state index in [1.165, 1.54) is 6.92 Å². The van der Waals surface area contributed by atoms with Crippen molar-refractivity contribution in [1.29, 1.82) is 0 Å². The van der Waals surface area contributed by atoms with E-state index in [-0.39, 0.29) is 23.6 Å². The topological polar surface area (TPSA) is 75.7 Å². The second-order valence-corrected chi connectivity index (χ2v) is 8.30. The van der Waals surface area contributed by atoms with Crippen LogP contribution in [0, 0.1) is 0 Å². The molecule has 2 aromatic carbocycles. The highest BCUT2D eigenvalue weighted by Crippen LogP contribution is 2.18. The van der Waals surface area contributed by atoms with Crippen LogP contribution >= 0.6 is 0 Å². The van der Waals surface area contributed by atoms with Gasteiger partial charge in [-0.05, 0) is 44.0 Å². The Morgan fingerprint density at radius 3 is 2.37 bits per heavy atom. The van der Waals surface area contributed by atoms with E-state index in [1.54, 1.807) is 23.1 Å². The molecular weight excluding hydrogens is 364 g/mol. The van der Waals surface area contributed by atoms with Crippen LogP contribution in [0.3, 0.4) is 0 Å². The van der Waals surface area contributed by atoms with Gasteiger partial charge in [-0.1, -0.05) is 42.5 Å². The van der Waals surface area contributed by atoms with E-state index in [0.29, 0.717) is 13.1 Å². The third kappa shape index (κ3) is 6.60. The second-order valence-electron chi connectivity index (χ2n) is 6.44. The number of amides is 2. The summed E-state index contributed by atoms with van der Waals surface area (Å²) in [6.45, 7) is 6.19. The van der Waals surface area contributed by atoms with Crippen LogP contribution in [-0.4, -0.2) is 31.1 Å². The van der Waals surface area contributed by atoms with Gasteiger partial charge in [-0.3, -0.25) is 0 Å². The lowest BCUT2D eigenvalue weighted by Crippen LogP contribution is -2.43. The molecule has 0 saturated carbocycles. The first-order valence-electron chi connectivity index (χ1n) is 8.90. The number of nitrogens with one attached hydrogen (secondary N) is 1. The normalized spacial score (nSPS) is 11.3. The first-order chi connectivity index (χ1) is 12.8. The van der Waals surface area contributed by atoms with Crippen LogP contribution in [0.1, 0.15) is 31.9 Å². The van der Waals surface area contributed by atoms with E-state index in [1.807, 2.05) is 50.2 Å². The van der Waals surface area contributed by atoms with Crippen molar-refractivity contribution in [3.05, 3.63) is 65.7 Å². The summed E-state index contributed by atoms with van der Waals surface area (Å²) in [7, 11) is -3.58. The van der Waals surface area contributed by atoms with E-state index >= 15 is 0 Å². The van der Waals surface area contributed by atoms with Gasteiger partial charge in [0.2, 0.25) is 0 Å². The first kappa shape index (κ1) is 20.8. The van der Waals surface area contributed by atoms with E-state index < -0.39 is 10.1 Å². The van der Waals surface area contributed by atoms with Crippen LogP contribution in [0.15, 0.2) is 54.6 Å². The Labute approximate surface area is 161 Å². The van der Waals surface area contributed by atoms with Crippen LogP contribution in [0.4, 0.5) is 4.79 Å². The molecule has 0 fully saturated rings. The maximum Gasteiger partial charge on any atom is 0.318 e. The largest absolute Gasteiger partial charge is 0.382 e. The van der Waals surface area contributed by atoms with Crippen LogP contribution in [0.25, 0.3) is 0 Å². The van der Waals surface area contributed by atoms with Crippen molar-refractivity contribution in [1.82, 2.24) is 10.2 Å². The summed E-state index contributed by atoms with van der Waals surface area (Å²) in [6, 6.07) is 16.3. The fourth-order valence-electron chi connectivity index (χ4n) is 2.46. The van der Waals surface area contributed by atoms with Crippen LogP contribution < -0.4 is 9.50 Å². The maximum atomic E-state index is 12.6. The Balaban J connectivity index is 2.06. The second kappa shape index (κ2) is 9.41. The van der Waals surface area contributed by atoms with Gasteiger partial charge in [0.05, 0.1) is 5.75 Å². The van der Waals surface area contributed by atoms with Crippen molar-refractivity contribution in [2.24, 2.45) is 0 Å². The summed E-state index contributed by atoms with van der Waals surface area (Å²) in [6.07, 6.45) is 0. The van der Waals surface area contributed by atoms with Gasteiger partial charge in [0.25, 0.3) is 0 Å². The molecule has 0 unspecified atom stereocenters. The van der Waals surface area contributed by atoms with Gasteiger partial charge >= 0.3 is 16.1 Å². The summed E-state index contributed by atoms with van der Waals surface area (Å²) in [5.74, 6) is 0.153. The van der Waals surface area contributed by atoms with Gasteiger partial charge in [0.15, 0.2) is 0 Å². The van der Waals surface area contributed by atoms with Crippen molar-refractivity contribution in [3.63, 3.8) is 0 Å². The summed E-state index contributed by atoms with van der Waals surface area (Å²) >= 11 is 0. The van der Waals surface area contributed by atoms with Crippen molar-refractivity contribution < 1.29 is 17.4 Å². The molecule has 0 heterocycles. The molecule has 0 aliphatic carbocycles. The SMILES string of the molecule is CCS(=O)(=O)Oc1cccc(CN(C(=O)NCc2ccccc2)C(C)C)c1. The fraction of sp³-hybridized carbons (Fsp3) is 0.350. The Bertz CT molecular complexity index is 851. The Hall–Kier alpha value is -2.54. The van der Waals surface area contributed by atoms with Gasteiger partial charge in [-0.2, -0.15) is 8.42 Å². The molecular formula is C20H26N2O4S. The minimum atomic E-state index is -3.58. The zero-order chi connectivity index (χ0) is 19.9. The van der Waals surface area contributed by atoms with E-state index in [0.717, 1.165) is 11.1 Å². The molecule has 0 radical (unpaired) electrons. The van der Waals surface area contributed by atoms with Gasteiger partial charge in [-0.25, -0.2) is 4.79 Å². The Morgan fingerprint density at radius 2 is 1.74 bits per heavy atom. The molecule has 2 aromatic rings. The summed E-state index contributed by atoms with van der Waals surface area (Å²) in [5, 5.41) is 2.92. The molecule has 0 bridgehead atoms. The number of rotatable bonds is 8. The third-order valence-corrected chi connectivity index (χ3v) is 5.15. The molecule has 6 nitrogen and oxygen atoms in total. The highest BCUT2D eigenvalue weighted by Gasteiger charge is 2.18. The van der Waals surface area contributed by atoms with Crippen LogP contribution in [-0.2, 0) is 23.2 Å². The number of nitrogens with zero attached hydrogens (tertiary/aromatic N) is 1. The molecule has 7 heteroatoms. The monoisotopic (exact) mass is 390 g/mol. The quantitative estimate of drug-likeness (QED) is 0.700. The summed E-state index contributed by atoms with van der Waals surface area (Å²) in [4.78, 5) is 14.3. The molecule has 27 heavy (non-hydrogen) atoms. The number of carbonyl (C=O) groups excluding carboxylic acids is 1. The van der Waals surface area contributed by atoms with E-state index in [2.05, 4.69) is 5.32 Å². The average Bonchev–Trinajstić information content (AvgIpc) is 2.65. The minimum absolute atomic E-state index is 0.0234. The van der Waals surface area contributed by atoms with Crippen molar-refractivity contribution in [3.8, 4) is 5.75 Å². The zero-order valence-electron chi connectivity index (χ0n) is 15.9. The Kier molecular flexibility index (Phi) is 7.24. The molecule has 0 aromatic heterocycles. The van der Waals surface area contributed by atoms with Crippen molar-refractivity contribution >= 4 is 16.1 Å². The third-order valence-electron chi connectivity index (χ3n) is 4.00. The minimum Gasteiger partial charge on any atom is -0.382 e. The van der Waals surface area contributed by atoms with Crippen molar-refractivity contribution in [2.45, 2.75) is 39.9 Å². The lowest BCUT2D eigenvalue weighted by atomic mass is 10.2. The smallest absolute Gasteiger partial charge is 0.318 e. The molecule has 0 aliphatic rings. The maximum absolute atomic E-state index is 12.6. The lowest BCUT2D eigenvalue weighted by molar-refractivity contribution is 0.179. The number of hydrogen-bond acceptors (Lipinski definition) is 4. The average molecular weight is 391 g/mol. The number of hydrogen-bond donors (Lipinski definition) is 1. The highest BCUT2D eigenvalue weighted by molar-refractivity contribution is 7.87. The first-order valence-corrected chi connectivity index (χ1v) is 10.5. The lowest BCUT2D eigenvalue weighted by Gasteiger charge is -2.27. The predicted molar refractivity (Wildman–Crippen MR) is 106 cm³/mol. The van der Waals surface area contributed by atoms with Gasteiger partial charge in [-0.15, -0.1) is 0 Å². The van der Waals surface area contributed by atoms with Crippen LogP contribution in [0.2, 0.25) is 0 Å². The van der Waals surface area contributed by atoms with Gasteiger partial charge < -0.3 is 14.4 Å². The predicted octanol–water partition coefficient (Wildman–Crippen LogP) is 3.54. The zero-order valence-corrected chi connectivity index (χ0v) is 16.7. The number of benzene rings is 2. The highest BCUT2D eigenvalue weighted by atomic mass is 32.2. The molecule has 2 rings (SSSR count). The van der Waals surface area contributed by atoms with E-state index in [9.17, 15) is 13.2 Å². The van der Waals surface area contributed by atoms with E-state index in [4.69, 9.17) is 4.18 Å². The van der Waals surface area contributed by atoms with Crippen LogP contribution in [0.5, 0.6) is 5.75 Å². The summed E-state index contributed by atoms with van der Waals surface area (Å²) < 4.78 is 28.3. The van der Waals surface area contributed by atoms with Gasteiger partial charge in [0, 0.05) is 19.1 Å².